The molecule has 1 aromatic heterocycles. The van der Waals surface area contributed by atoms with Gasteiger partial charge in [-0.2, -0.15) is 0 Å². The van der Waals surface area contributed by atoms with Gasteiger partial charge in [0.15, 0.2) is 5.69 Å². The molecule has 0 bridgehead atoms. The van der Waals surface area contributed by atoms with E-state index in [0.29, 0.717) is 18.8 Å². The lowest BCUT2D eigenvalue weighted by Crippen LogP contribution is -2.33. The first kappa shape index (κ1) is 18.9. The molecule has 1 heterocycles. The van der Waals surface area contributed by atoms with Gasteiger partial charge in [-0.15, -0.1) is 5.10 Å². The van der Waals surface area contributed by atoms with E-state index in [9.17, 15) is 9.59 Å². The molecule has 9 heteroatoms. The van der Waals surface area contributed by atoms with Gasteiger partial charge in [0.05, 0.1) is 12.2 Å². The molecule has 0 spiro atoms. The second-order valence-electron chi connectivity index (χ2n) is 5.97. The Morgan fingerprint density at radius 2 is 2.00 bits per heavy atom. The van der Waals surface area contributed by atoms with E-state index in [-0.39, 0.29) is 12.2 Å². The van der Waals surface area contributed by atoms with Crippen molar-refractivity contribution < 1.29 is 24.2 Å². The van der Waals surface area contributed by atoms with Crippen molar-refractivity contribution in [1.82, 2.24) is 20.3 Å². The molecule has 1 aromatic rings. The zero-order chi connectivity index (χ0) is 17.5. The van der Waals surface area contributed by atoms with Crippen molar-refractivity contribution in [3.05, 3.63) is 11.4 Å². The maximum atomic E-state index is 11.7. The number of hydrogen-bond acceptors (Lipinski definition) is 6. The number of amides is 1. The smallest absolute Gasteiger partial charge is 0.407 e. The van der Waals surface area contributed by atoms with E-state index >= 15 is 0 Å². The number of aromatic nitrogens is 3. The van der Waals surface area contributed by atoms with E-state index in [1.54, 1.807) is 27.9 Å². The minimum atomic E-state index is -1.19. The Hall–Kier alpha value is -2.16. The van der Waals surface area contributed by atoms with Gasteiger partial charge in [0.1, 0.15) is 5.60 Å². The quantitative estimate of drug-likeness (QED) is 0.693. The van der Waals surface area contributed by atoms with Crippen LogP contribution in [0.3, 0.4) is 0 Å². The Morgan fingerprint density at radius 3 is 2.57 bits per heavy atom. The fourth-order valence-corrected chi connectivity index (χ4v) is 1.83. The zero-order valence-electron chi connectivity index (χ0n) is 14.0. The van der Waals surface area contributed by atoms with Gasteiger partial charge in [-0.05, 0) is 33.6 Å². The Kier molecular flexibility index (Phi) is 6.95. The first-order chi connectivity index (χ1) is 10.7. The number of nitrogens with zero attached hydrogens (tertiary/aromatic N) is 3. The molecule has 23 heavy (non-hydrogen) atoms. The summed E-state index contributed by atoms with van der Waals surface area (Å²) in [5, 5.41) is 19.2. The highest BCUT2D eigenvalue weighted by atomic mass is 16.6. The van der Waals surface area contributed by atoms with E-state index < -0.39 is 17.7 Å². The second kappa shape index (κ2) is 8.47. The van der Waals surface area contributed by atoms with Crippen LogP contribution in [0.25, 0.3) is 0 Å². The molecule has 0 aliphatic heterocycles. The number of hydrogen-bond donors (Lipinski definition) is 2. The molecule has 0 unspecified atom stereocenters. The first-order valence-corrected chi connectivity index (χ1v) is 7.36. The normalized spacial score (nSPS) is 11.3. The van der Waals surface area contributed by atoms with Crippen LogP contribution < -0.4 is 5.32 Å². The van der Waals surface area contributed by atoms with Crippen LogP contribution in [0.2, 0.25) is 0 Å². The molecule has 0 saturated carbocycles. The minimum Gasteiger partial charge on any atom is -0.476 e. The standard InChI is InChI=1S/C14H24N4O5/c1-14(2,3)23-13(21)15-9-10-11(12(19)20)16-17-18(10)7-5-6-8-22-4/h5-9H2,1-4H3,(H,15,21)(H,19,20). The van der Waals surface area contributed by atoms with Crippen LogP contribution in [0.15, 0.2) is 0 Å². The molecule has 130 valence electrons. The topological polar surface area (TPSA) is 116 Å². The van der Waals surface area contributed by atoms with Crippen molar-refractivity contribution in [3.8, 4) is 0 Å². The molecule has 0 fully saturated rings. The molecule has 0 saturated heterocycles. The Labute approximate surface area is 135 Å². The Morgan fingerprint density at radius 1 is 1.30 bits per heavy atom. The lowest BCUT2D eigenvalue weighted by Gasteiger charge is -2.19. The summed E-state index contributed by atoms with van der Waals surface area (Å²) in [7, 11) is 1.62. The van der Waals surface area contributed by atoms with Gasteiger partial charge < -0.3 is 19.9 Å². The molecule has 1 amide bonds. The number of carboxylic acid groups (broad SMARTS) is 1. The van der Waals surface area contributed by atoms with Crippen molar-refractivity contribution in [2.75, 3.05) is 13.7 Å². The molecule has 0 aromatic carbocycles. The Balaban J connectivity index is 2.71. The number of carbonyl (C=O) groups excluding carboxylic acids is 1. The van der Waals surface area contributed by atoms with Crippen LogP contribution in [-0.2, 0) is 22.6 Å². The van der Waals surface area contributed by atoms with Crippen molar-refractivity contribution in [2.24, 2.45) is 0 Å². The van der Waals surface area contributed by atoms with Crippen LogP contribution in [0, 0.1) is 0 Å². The SMILES string of the molecule is COCCCCn1nnc(C(=O)O)c1CNC(=O)OC(C)(C)C. The predicted octanol–water partition coefficient (Wildman–Crippen LogP) is 1.43. The third-order valence-corrected chi connectivity index (χ3v) is 2.81. The maximum absolute atomic E-state index is 11.7. The van der Waals surface area contributed by atoms with Gasteiger partial charge in [-0.25, -0.2) is 14.3 Å². The van der Waals surface area contributed by atoms with E-state index in [1.807, 2.05) is 0 Å². The lowest BCUT2D eigenvalue weighted by atomic mass is 10.2. The summed E-state index contributed by atoms with van der Waals surface area (Å²) in [5.41, 5.74) is -0.466. The van der Waals surface area contributed by atoms with Gasteiger partial charge in [0, 0.05) is 20.3 Å². The van der Waals surface area contributed by atoms with Crippen LogP contribution in [0.4, 0.5) is 4.79 Å². The number of unbranched alkanes of at least 4 members (excludes halogenated alkanes) is 1. The average molecular weight is 328 g/mol. The van der Waals surface area contributed by atoms with Gasteiger partial charge in [0.25, 0.3) is 0 Å². The van der Waals surface area contributed by atoms with Crippen LogP contribution in [0.5, 0.6) is 0 Å². The summed E-state index contributed by atoms with van der Waals surface area (Å²) in [6.45, 7) is 6.33. The highest BCUT2D eigenvalue weighted by Crippen LogP contribution is 2.10. The number of alkyl carbamates (subject to hydrolysis) is 1. The summed E-state index contributed by atoms with van der Waals surface area (Å²) in [5.74, 6) is -1.19. The van der Waals surface area contributed by atoms with Gasteiger partial charge in [-0.3, -0.25) is 0 Å². The molecule has 0 aliphatic carbocycles. The molecule has 0 atom stereocenters. The number of rotatable bonds is 8. The van der Waals surface area contributed by atoms with Crippen molar-refractivity contribution >= 4 is 12.1 Å². The van der Waals surface area contributed by atoms with Gasteiger partial charge >= 0.3 is 12.1 Å². The third-order valence-electron chi connectivity index (χ3n) is 2.81. The Bertz CT molecular complexity index is 536. The molecule has 1 rings (SSSR count). The van der Waals surface area contributed by atoms with Crippen molar-refractivity contribution in [1.29, 1.82) is 0 Å². The summed E-state index contributed by atoms with van der Waals surface area (Å²) in [4.78, 5) is 22.9. The molecule has 9 nitrogen and oxygen atoms in total. The highest BCUT2D eigenvalue weighted by Gasteiger charge is 2.21. The highest BCUT2D eigenvalue weighted by molar-refractivity contribution is 5.86. The summed E-state index contributed by atoms with van der Waals surface area (Å²) in [6.07, 6.45) is 0.953. The number of nitrogens with one attached hydrogen (secondary N) is 1. The molecular formula is C14H24N4O5. The van der Waals surface area contributed by atoms with Crippen LogP contribution in [0.1, 0.15) is 49.8 Å². The minimum absolute atomic E-state index is 0.0200. The molecular weight excluding hydrogens is 304 g/mol. The average Bonchev–Trinajstić information content (AvgIpc) is 2.82. The predicted molar refractivity (Wildman–Crippen MR) is 81.2 cm³/mol. The van der Waals surface area contributed by atoms with Gasteiger partial charge in [-0.1, -0.05) is 5.21 Å². The number of aryl methyl sites for hydroxylation is 1. The van der Waals surface area contributed by atoms with Crippen LogP contribution >= 0.6 is 0 Å². The maximum Gasteiger partial charge on any atom is 0.407 e. The summed E-state index contributed by atoms with van der Waals surface area (Å²) >= 11 is 0. The van der Waals surface area contributed by atoms with E-state index in [2.05, 4.69) is 15.6 Å². The fraction of sp³-hybridized carbons (Fsp3) is 0.714. The van der Waals surface area contributed by atoms with Gasteiger partial charge in [0.2, 0.25) is 0 Å². The number of carbonyl (C=O) groups is 2. The first-order valence-electron chi connectivity index (χ1n) is 7.36. The largest absolute Gasteiger partial charge is 0.476 e. The monoisotopic (exact) mass is 328 g/mol. The number of aromatic carboxylic acids is 1. The van der Waals surface area contributed by atoms with E-state index in [4.69, 9.17) is 14.6 Å². The van der Waals surface area contributed by atoms with Crippen LogP contribution in [-0.4, -0.2) is 51.5 Å². The number of carboxylic acids is 1. The fourth-order valence-electron chi connectivity index (χ4n) is 1.83. The van der Waals surface area contributed by atoms with E-state index in [0.717, 1.165) is 12.8 Å². The summed E-state index contributed by atoms with van der Waals surface area (Å²) in [6, 6.07) is 0. The van der Waals surface area contributed by atoms with Crippen molar-refractivity contribution in [2.45, 2.75) is 52.3 Å². The molecule has 0 aliphatic rings. The summed E-state index contributed by atoms with van der Waals surface area (Å²) < 4.78 is 11.6. The number of methoxy groups -OCH3 is 1. The second-order valence-corrected chi connectivity index (χ2v) is 5.97. The van der Waals surface area contributed by atoms with E-state index in [1.165, 1.54) is 4.68 Å². The third kappa shape index (κ3) is 6.64. The molecule has 0 radical (unpaired) electrons. The molecule has 2 N–H and O–H groups in total. The number of ether oxygens (including phenoxy) is 2. The zero-order valence-corrected chi connectivity index (χ0v) is 14.0. The van der Waals surface area contributed by atoms with Crippen molar-refractivity contribution in [3.63, 3.8) is 0 Å². The lowest BCUT2D eigenvalue weighted by molar-refractivity contribution is 0.0519.